The van der Waals surface area contributed by atoms with Gasteiger partial charge in [-0.1, -0.05) is 13.0 Å². The molecular weight excluding hydrogens is 432 g/mol. The monoisotopic (exact) mass is 462 g/mol. The highest BCUT2D eigenvalue weighted by atomic mass is 16.7. The summed E-state index contributed by atoms with van der Waals surface area (Å²) in [5, 5.41) is 49.4. The maximum atomic E-state index is 13.4. The topological polar surface area (TPSA) is 154 Å². The molecule has 1 aromatic rings. The van der Waals surface area contributed by atoms with Gasteiger partial charge in [0.05, 0.1) is 0 Å². The Balaban J connectivity index is 1.36. The van der Waals surface area contributed by atoms with Crippen LogP contribution in [0.4, 0.5) is 0 Å². The minimum absolute atomic E-state index is 0.0576. The molecule has 1 aliphatic heterocycles. The second kappa shape index (κ2) is 8.02. The minimum Gasteiger partial charge on any atom is -0.508 e. The first kappa shape index (κ1) is 22.7. The molecule has 10 atom stereocenters. The molecule has 2 saturated carbocycles. The molecule has 9 nitrogen and oxygen atoms in total. The number of rotatable bonds is 3. The third-order valence-electron chi connectivity index (χ3n) is 8.53. The zero-order valence-corrected chi connectivity index (χ0v) is 18.3. The van der Waals surface area contributed by atoms with Crippen LogP contribution in [-0.4, -0.2) is 74.1 Å². The Hall–Kier alpha value is -2.04. The summed E-state index contributed by atoms with van der Waals surface area (Å²) in [5.41, 5.74) is 1.79. The molecule has 0 aromatic heterocycles. The van der Waals surface area contributed by atoms with E-state index in [1.165, 1.54) is 5.56 Å². The first-order valence-corrected chi connectivity index (χ1v) is 11.6. The Morgan fingerprint density at radius 1 is 1.15 bits per heavy atom. The summed E-state index contributed by atoms with van der Waals surface area (Å²) >= 11 is 0. The van der Waals surface area contributed by atoms with E-state index in [2.05, 4.69) is 0 Å². The summed E-state index contributed by atoms with van der Waals surface area (Å²) in [6, 6.07) is 5.52. The van der Waals surface area contributed by atoms with Crippen molar-refractivity contribution >= 4 is 11.8 Å². The maximum Gasteiger partial charge on any atom is 0.335 e. The first-order chi connectivity index (χ1) is 15.6. The Kier molecular flexibility index (Phi) is 5.53. The highest BCUT2D eigenvalue weighted by Gasteiger charge is 2.60. The van der Waals surface area contributed by atoms with Crippen LogP contribution in [0.1, 0.15) is 49.7 Å². The number of hydrogen-bond acceptors (Lipinski definition) is 8. The molecule has 1 aromatic carbocycles. The number of carboxylic acids is 1. The van der Waals surface area contributed by atoms with Crippen LogP contribution in [-0.2, 0) is 25.5 Å². The van der Waals surface area contributed by atoms with Crippen molar-refractivity contribution in [2.24, 2.45) is 17.3 Å². The van der Waals surface area contributed by atoms with Crippen LogP contribution in [0, 0.1) is 17.3 Å². The van der Waals surface area contributed by atoms with Crippen LogP contribution in [0.3, 0.4) is 0 Å². The number of aryl methyl sites for hydroxylation is 1. The van der Waals surface area contributed by atoms with Crippen molar-refractivity contribution < 1.29 is 44.6 Å². The van der Waals surface area contributed by atoms with Gasteiger partial charge < -0.3 is 35.0 Å². The second-order valence-corrected chi connectivity index (χ2v) is 10.2. The average Bonchev–Trinajstić information content (AvgIpc) is 3.03. The van der Waals surface area contributed by atoms with Crippen molar-refractivity contribution in [2.75, 3.05) is 0 Å². The third-order valence-corrected chi connectivity index (χ3v) is 8.53. The number of phenolic OH excluding ortho intramolecular Hbond substituents is 1. The summed E-state index contributed by atoms with van der Waals surface area (Å²) in [4.78, 5) is 24.8. The van der Waals surface area contributed by atoms with Gasteiger partial charge in [0.15, 0.2) is 18.2 Å². The van der Waals surface area contributed by atoms with E-state index in [-0.39, 0.29) is 23.4 Å². The molecule has 3 fully saturated rings. The predicted molar refractivity (Wildman–Crippen MR) is 112 cm³/mol. The van der Waals surface area contributed by atoms with Gasteiger partial charge in [-0.3, -0.25) is 4.79 Å². The number of ketones is 1. The molecule has 0 amide bonds. The molecule has 1 saturated heterocycles. The molecule has 5 rings (SSSR count). The zero-order valence-electron chi connectivity index (χ0n) is 18.3. The number of aliphatic carboxylic acids is 1. The van der Waals surface area contributed by atoms with Gasteiger partial charge in [0.25, 0.3) is 0 Å². The quantitative estimate of drug-likeness (QED) is 0.437. The lowest BCUT2D eigenvalue weighted by atomic mass is 9.55. The summed E-state index contributed by atoms with van der Waals surface area (Å²) in [7, 11) is 0. The molecule has 33 heavy (non-hydrogen) atoms. The van der Waals surface area contributed by atoms with Crippen molar-refractivity contribution in [3.05, 3.63) is 29.3 Å². The fourth-order valence-electron chi connectivity index (χ4n) is 6.78. The average molecular weight is 462 g/mol. The number of carboxylic acid groups (broad SMARTS) is 1. The van der Waals surface area contributed by atoms with Gasteiger partial charge in [-0.2, -0.15) is 0 Å². The number of Topliss-reactive ketones (excluding diaryl/α,β-unsaturated/α-hetero) is 1. The highest BCUT2D eigenvalue weighted by Crippen LogP contribution is 2.60. The van der Waals surface area contributed by atoms with Crippen molar-refractivity contribution in [1.82, 2.24) is 0 Å². The third kappa shape index (κ3) is 3.49. The summed E-state index contributed by atoms with van der Waals surface area (Å²) < 4.78 is 11.1. The molecule has 180 valence electrons. The fourth-order valence-corrected chi connectivity index (χ4v) is 6.78. The number of aliphatic hydroxyl groups is 3. The molecule has 3 aliphatic carbocycles. The Bertz CT molecular complexity index is 963. The van der Waals surface area contributed by atoms with E-state index in [1.807, 2.05) is 19.1 Å². The highest BCUT2D eigenvalue weighted by molar-refractivity contribution is 5.91. The van der Waals surface area contributed by atoms with Crippen LogP contribution in [0.25, 0.3) is 0 Å². The molecule has 9 heteroatoms. The number of carbonyl (C=O) groups excluding carboxylic acids is 1. The fraction of sp³-hybridized carbons (Fsp3) is 0.667. The molecule has 0 bridgehead atoms. The molecule has 0 unspecified atom stereocenters. The van der Waals surface area contributed by atoms with Gasteiger partial charge in [0, 0.05) is 5.41 Å². The molecule has 5 N–H and O–H groups in total. The number of aliphatic hydroxyl groups excluding tert-OH is 3. The summed E-state index contributed by atoms with van der Waals surface area (Å²) in [5.74, 6) is -0.697. The van der Waals surface area contributed by atoms with Crippen LogP contribution in [0.15, 0.2) is 18.2 Å². The van der Waals surface area contributed by atoms with Gasteiger partial charge in [0.1, 0.15) is 30.2 Å². The van der Waals surface area contributed by atoms with Gasteiger partial charge in [-0.05, 0) is 73.1 Å². The number of ether oxygens (including phenoxy) is 2. The van der Waals surface area contributed by atoms with E-state index >= 15 is 0 Å². The van der Waals surface area contributed by atoms with E-state index in [0.29, 0.717) is 18.8 Å². The smallest absolute Gasteiger partial charge is 0.335 e. The summed E-state index contributed by atoms with van der Waals surface area (Å²) in [6.45, 7) is 1.96. The number of phenols is 1. The lowest BCUT2D eigenvalue weighted by Crippen LogP contribution is -2.61. The molecule has 1 heterocycles. The van der Waals surface area contributed by atoms with Crippen molar-refractivity contribution in [3.8, 4) is 5.75 Å². The molecule has 0 radical (unpaired) electrons. The van der Waals surface area contributed by atoms with Crippen LogP contribution >= 0.6 is 0 Å². The lowest BCUT2D eigenvalue weighted by molar-refractivity contribution is -0.301. The second-order valence-electron chi connectivity index (χ2n) is 10.2. The number of carbonyl (C=O) groups is 2. The zero-order chi connectivity index (χ0) is 23.7. The number of benzene rings is 1. The van der Waals surface area contributed by atoms with Gasteiger partial charge >= 0.3 is 5.97 Å². The number of hydrogen-bond donors (Lipinski definition) is 5. The minimum atomic E-state index is -1.81. The van der Waals surface area contributed by atoms with Crippen LogP contribution in [0.5, 0.6) is 5.75 Å². The Morgan fingerprint density at radius 3 is 2.64 bits per heavy atom. The predicted octanol–water partition coefficient (Wildman–Crippen LogP) is 0.705. The SMILES string of the molecule is C[C@]12CC[C@@H]3c4ccc(O)cc4CC[C@@H]3[C@@H]1C[C@H](O[C@@H]1O[C@H](C(=O)O)[C@@H](O)[C@H](O)[C@H]1O)C2=O. The Morgan fingerprint density at radius 2 is 1.91 bits per heavy atom. The maximum absolute atomic E-state index is 13.4. The largest absolute Gasteiger partial charge is 0.508 e. The standard InChI is InChI=1S/C24H30O9/c1-24-7-6-13-12-5-3-11(25)8-10(12)2-4-14(13)15(24)9-16(21(24)29)32-23-19(28)17(26)18(27)20(33-23)22(30)31/h3,5,8,13-20,23,25-28H,2,4,6-7,9H2,1H3,(H,30,31)/t13-,14+,15+,16+,17+,18+,19-,20+,23-,24+/m1/s1. The normalized spacial score (nSPS) is 44.6. The Labute approximate surface area is 190 Å². The van der Waals surface area contributed by atoms with Crippen LogP contribution in [0.2, 0.25) is 0 Å². The van der Waals surface area contributed by atoms with E-state index < -0.39 is 48.2 Å². The van der Waals surface area contributed by atoms with Gasteiger partial charge in [0.2, 0.25) is 0 Å². The van der Waals surface area contributed by atoms with Gasteiger partial charge in [-0.25, -0.2) is 4.79 Å². The summed E-state index contributed by atoms with van der Waals surface area (Å²) in [6.07, 6.45) is -5.76. The number of aromatic hydroxyl groups is 1. The van der Waals surface area contributed by atoms with E-state index in [1.54, 1.807) is 6.07 Å². The van der Waals surface area contributed by atoms with E-state index in [0.717, 1.165) is 24.8 Å². The first-order valence-electron chi connectivity index (χ1n) is 11.6. The van der Waals surface area contributed by atoms with Crippen molar-refractivity contribution in [2.45, 2.75) is 81.8 Å². The van der Waals surface area contributed by atoms with E-state index in [9.17, 15) is 35.1 Å². The number of fused-ring (bicyclic) bond motifs is 5. The molecule has 0 spiro atoms. The van der Waals surface area contributed by atoms with Gasteiger partial charge in [-0.15, -0.1) is 0 Å². The van der Waals surface area contributed by atoms with Crippen LogP contribution < -0.4 is 0 Å². The van der Waals surface area contributed by atoms with Crippen molar-refractivity contribution in [3.63, 3.8) is 0 Å². The van der Waals surface area contributed by atoms with Crippen molar-refractivity contribution in [1.29, 1.82) is 0 Å². The van der Waals surface area contributed by atoms with E-state index in [4.69, 9.17) is 9.47 Å². The molecule has 4 aliphatic rings. The lowest BCUT2D eigenvalue weighted by Gasteiger charge is -2.48. The molecular formula is C24H30O9.